The van der Waals surface area contributed by atoms with Crippen LogP contribution in [0, 0.1) is 11.6 Å². The first kappa shape index (κ1) is 27.4. The number of piperazine rings is 1. The molecule has 1 fully saturated rings. The van der Waals surface area contributed by atoms with Crippen LogP contribution >= 0.6 is 0 Å². The molecule has 2 heterocycles. The molecule has 0 spiro atoms. The summed E-state index contributed by atoms with van der Waals surface area (Å²) in [6.07, 6.45) is -4.09. The molecule has 2 N–H and O–H groups in total. The summed E-state index contributed by atoms with van der Waals surface area (Å²) in [6.45, 7) is 3.70. The molecule has 2 aromatic carbocycles. The molecule has 0 bridgehead atoms. The van der Waals surface area contributed by atoms with E-state index < -0.39 is 40.9 Å². The van der Waals surface area contributed by atoms with Crippen molar-refractivity contribution in [2.45, 2.75) is 25.6 Å². The number of benzene rings is 2. The Labute approximate surface area is 216 Å². The number of anilines is 2. The summed E-state index contributed by atoms with van der Waals surface area (Å²) in [5.74, 6) is -2.93. The molecule has 0 unspecified atom stereocenters. The molecule has 7 nitrogen and oxygen atoms in total. The standard InChI is InChI=1S/C26H27F5N4O3/c1-15-13-34(9-8-33(15)2)23-12-21(28)19(16-4-3-7-35(14-16)25(37)38)11-22(23)32-24(36)18-6-5-17(27)10-20(18)26(29,30)31/h4-6,10-12,15H,3,7-9,13-14H2,1-2H3,(H,32,36)(H,37,38)/t15-/m1/s1. The van der Waals surface area contributed by atoms with E-state index in [1.165, 1.54) is 12.1 Å². The lowest BCUT2D eigenvalue weighted by atomic mass is 9.98. The minimum atomic E-state index is -4.98. The third kappa shape index (κ3) is 5.74. The van der Waals surface area contributed by atoms with E-state index in [0.29, 0.717) is 31.6 Å². The van der Waals surface area contributed by atoms with E-state index in [1.54, 1.807) is 6.08 Å². The lowest BCUT2D eigenvalue weighted by Crippen LogP contribution is -2.50. The molecule has 1 atom stereocenters. The summed E-state index contributed by atoms with van der Waals surface area (Å²) in [5, 5.41) is 11.8. The molecule has 204 valence electrons. The van der Waals surface area contributed by atoms with E-state index in [2.05, 4.69) is 10.2 Å². The van der Waals surface area contributed by atoms with Gasteiger partial charge in [0.15, 0.2) is 0 Å². The van der Waals surface area contributed by atoms with Crippen LogP contribution in [0.25, 0.3) is 5.57 Å². The van der Waals surface area contributed by atoms with Crippen LogP contribution in [0.4, 0.5) is 38.1 Å². The number of carbonyl (C=O) groups excluding carboxylic acids is 1. The number of nitrogens with one attached hydrogen (secondary N) is 1. The average Bonchev–Trinajstić information content (AvgIpc) is 2.86. The number of rotatable bonds is 4. The topological polar surface area (TPSA) is 76.1 Å². The predicted octanol–water partition coefficient (Wildman–Crippen LogP) is 5.14. The Bertz CT molecular complexity index is 1280. The third-order valence-electron chi connectivity index (χ3n) is 6.93. The van der Waals surface area contributed by atoms with Crippen molar-refractivity contribution in [3.05, 3.63) is 64.7 Å². The maximum atomic E-state index is 15.4. The number of hydrogen-bond donors (Lipinski definition) is 2. The second kappa shape index (κ2) is 10.6. The van der Waals surface area contributed by atoms with Crippen molar-refractivity contribution in [3.63, 3.8) is 0 Å². The maximum absolute atomic E-state index is 15.4. The Morgan fingerprint density at radius 2 is 1.82 bits per heavy atom. The average molecular weight is 539 g/mol. The van der Waals surface area contributed by atoms with Crippen LogP contribution in [0.15, 0.2) is 36.4 Å². The fourth-order valence-electron chi connectivity index (χ4n) is 4.68. The van der Waals surface area contributed by atoms with Crippen molar-refractivity contribution in [3.8, 4) is 0 Å². The van der Waals surface area contributed by atoms with Crippen LogP contribution in [-0.2, 0) is 6.18 Å². The van der Waals surface area contributed by atoms with Gasteiger partial charge in [0, 0.05) is 44.3 Å². The number of amides is 2. The van der Waals surface area contributed by atoms with E-state index in [-0.39, 0.29) is 42.1 Å². The van der Waals surface area contributed by atoms with Gasteiger partial charge in [-0.1, -0.05) is 6.08 Å². The SMILES string of the molecule is C[C@@H]1CN(c2cc(F)c(C3=CCCN(C(=O)O)C3)cc2NC(=O)c2ccc(F)cc2C(F)(F)F)CCN1C. The van der Waals surface area contributed by atoms with Crippen LogP contribution in [-0.4, -0.2) is 72.7 Å². The van der Waals surface area contributed by atoms with Crippen LogP contribution in [0.2, 0.25) is 0 Å². The van der Waals surface area contributed by atoms with E-state index in [0.717, 1.165) is 17.0 Å². The van der Waals surface area contributed by atoms with Crippen molar-refractivity contribution in [1.82, 2.24) is 9.80 Å². The minimum absolute atomic E-state index is 0.0346. The smallest absolute Gasteiger partial charge is 0.417 e. The first-order valence-corrected chi connectivity index (χ1v) is 12.0. The van der Waals surface area contributed by atoms with Gasteiger partial charge in [0.05, 0.1) is 22.5 Å². The van der Waals surface area contributed by atoms with Gasteiger partial charge in [-0.2, -0.15) is 13.2 Å². The zero-order valence-electron chi connectivity index (χ0n) is 20.8. The number of alkyl halides is 3. The first-order chi connectivity index (χ1) is 17.8. The molecule has 1 saturated heterocycles. The van der Waals surface area contributed by atoms with Crippen LogP contribution in [0.3, 0.4) is 0 Å². The first-order valence-electron chi connectivity index (χ1n) is 12.0. The quantitative estimate of drug-likeness (QED) is 0.528. The number of likely N-dealkylation sites (N-methyl/N-ethyl adjacent to an activating group) is 1. The fourth-order valence-corrected chi connectivity index (χ4v) is 4.68. The Morgan fingerprint density at radius 1 is 1.08 bits per heavy atom. The Morgan fingerprint density at radius 3 is 2.47 bits per heavy atom. The molecule has 0 saturated carbocycles. The molecule has 2 aliphatic rings. The van der Waals surface area contributed by atoms with Crippen molar-refractivity contribution in [1.29, 1.82) is 0 Å². The van der Waals surface area contributed by atoms with Gasteiger partial charge in [0.2, 0.25) is 0 Å². The summed E-state index contributed by atoms with van der Waals surface area (Å²) >= 11 is 0. The molecule has 0 radical (unpaired) electrons. The molecule has 38 heavy (non-hydrogen) atoms. The summed E-state index contributed by atoms with van der Waals surface area (Å²) in [7, 11) is 1.94. The molecule has 2 aliphatic heterocycles. The largest absolute Gasteiger partial charge is 0.465 e. The van der Waals surface area contributed by atoms with Crippen molar-refractivity contribution >= 4 is 28.9 Å². The van der Waals surface area contributed by atoms with Crippen LogP contribution in [0.5, 0.6) is 0 Å². The highest BCUT2D eigenvalue weighted by Gasteiger charge is 2.36. The lowest BCUT2D eigenvalue weighted by Gasteiger charge is -2.40. The highest BCUT2D eigenvalue weighted by atomic mass is 19.4. The highest BCUT2D eigenvalue weighted by molar-refractivity contribution is 6.07. The van der Waals surface area contributed by atoms with Gasteiger partial charge in [0.25, 0.3) is 5.91 Å². The van der Waals surface area contributed by atoms with Crippen molar-refractivity contribution in [2.24, 2.45) is 0 Å². The molecule has 0 aliphatic carbocycles. The summed E-state index contributed by atoms with van der Waals surface area (Å²) in [4.78, 5) is 29.6. The Balaban J connectivity index is 1.77. The lowest BCUT2D eigenvalue weighted by molar-refractivity contribution is -0.138. The van der Waals surface area contributed by atoms with Gasteiger partial charge < -0.3 is 25.1 Å². The number of carbonyl (C=O) groups is 2. The number of nitrogens with zero attached hydrogens (tertiary/aromatic N) is 3. The molecular formula is C26H27F5N4O3. The predicted molar refractivity (Wildman–Crippen MR) is 132 cm³/mol. The van der Waals surface area contributed by atoms with Crippen molar-refractivity contribution < 1.29 is 36.6 Å². The maximum Gasteiger partial charge on any atom is 0.417 e. The number of hydrogen-bond acceptors (Lipinski definition) is 4. The molecule has 4 rings (SSSR count). The van der Waals surface area contributed by atoms with Gasteiger partial charge >= 0.3 is 12.3 Å². The van der Waals surface area contributed by atoms with E-state index >= 15 is 4.39 Å². The van der Waals surface area contributed by atoms with Gasteiger partial charge in [-0.25, -0.2) is 13.6 Å². The van der Waals surface area contributed by atoms with E-state index in [4.69, 9.17) is 0 Å². The zero-order valence-corrected chi connectivity index (χ0v) is 20.8. The number of halogens is 5. The monoisotopic (exact) mass is 538 g/mol. The van der Waals surface area contributed by atoms with E-state index in [9.17, 15) is 32.3 Å². The summed E-state index contributed by atoms with van der Waals surface area (Å²) < 4.78 is 69.8. The van der Waals surface area contributed by atoms with Gasteiger partial charge in [-0.15, -0.1) is 0 Å². The van der Waals surface area contributed by atoms with Gasteiger partial charge in [-0.3, -0.25) is 4.79 Å². The van der Waals surface area contributed by atoms with E-state index in [1.807, 2.05) is 18.9 Å². The Hall–Kier alpha value is -3.67. The fraction of sp³-hybridized carbons (Fsp3) is 0.385. The zero-order chi connectivity index (χ0) is 27.8. The Kier molecular flexibility index (Phi) is 7.63. The molecular weight excluding hydrogens is 511 g/mol. The van der Waals surface area contributed by atoms with Crippen LogP contribution < -0.4 is 10.2 Å². The molecule has 2 aromatic rings. The van der Waals surface area contributed by atoms with Crippen molar-refractivity contribution in [2.75, 3.05) is 50.0 Å². The molecule has 2 amide bonds. The molecule has 12 heteroatoms. The highest BCUT2D eigenvalue weighted by Crippen LogP contribution is 2.37. The summed E-state index contributed by atoms with van der Waals surface area (Å²) in [5.41, 5.74) is -1.46. The van der Waals surface area contributed by atoms with Gasteiger partial charge in [0.1, 0.15) is 11.6 Å². The second-order valence-corrected chi connectivity index (χ2v) is 9.49. The molecule has 0 aromatic heterocycles. The van der Waals surface area contributed by atoms with Crippen LogP contribution in [0.1, 0.15) is 34.8 Å². The number of carboxylic acid groups (broad SMARTS) is 1. The minimum Gasteiger partial charge on any atom is -0.465 e. The third-order valence-corrected chi connectivity index (χ3v) is 6.93. The second-order valence-electron chi connectivity index (χ2n) is 9.49. The normalized spacial score (nSPS) is 18.8. The summed E-state index contributed by atoms with van der Waals surface area (Å²) in [6, 6.07) is 4.37. The van der Waals surface area contributed by atoms with Gasteiger partial charge in [-0.05, 0) is 56.3 Å².